The van der Waals surface area contributed by atoms with Crippen LogP contribution in [0.3, 0.4) is 0 Å². The molecule has 1 heterocycles. The molecule has 1 amide bonds. The number of carbonyl (C=O) groups excluding carboxylic acids is 1. The molecule has 1 aromatic heterocycles. The molecule has 0 aliphatic carbocycles. The van der Waals surface area contributed by atoms with Crippen molar-refractivity contribution in [2.45, 2.75) is 26.3 Å². The van der Waals surface area contributed by atoms with Crippen molar-refractivity contribution in [3.05, 3.63) is 41.8 Å². The summed E-state index contributed by atoms with van der Waals surface area (Å²) in [6, 6.07) is 11.4. The van der Waals surface area contributed by atoms with Gasteiger partial charge in [0.2, 0.25) is 5.91 Å². The fourth-order valence-corrected chi connectivity index (χ4v) is 2.84. The molecule has 3 nitrogen and oxygen atoms in total. The maximum Gasteiger partial charge on any atom is 0.241 e. The summed E-state index contributed by atoms with van der Waals surface area (Å²) in [6.07, 6.45) is 0.688. The average Bonchev–Trinajstić information content (AvgIpc) is 2.92. The van der Waals surface area contributed by atoms with Gasteiger partial charge < -0.3 is 11.1 Å². The van der Waals surface area contributed by atoms with E-state index in [1.54, 1.807) is 11.3 Å². The summed E-state index contributed by atoms with van der Waals surface area (Å²) < 4.78 is 0. The maximum absolute atomic E-state index is 12.1. The third-order valence-corrected chi connectivity index (χ3v) is 3.94. The molecular formula is C16H20N2OS. The number of hydrogen-bond donors (Lipinski definition) is 2. The number of rotatable bonds is 5. The summed E-state index contributed by atoms with van der Waals surface area (Å²) in [5.74, 6) is 0.283. The van der Waals surface area contributed by atoms with E-state index in [9.17, 15) is 4.79 Å². The summed E-state index contributed by atoms with van der Waals surface area (Å²) in [5, 5.41) is 4.97. The molecule has 0 fully saturated rings. The van der Waals surface area contributed by atoms with Crippen LogP contribution in [-0.2, 0) is 4.79 Å². The predicted molar refractivity (Wildman–Crippen MR) is 85.8 cm³/mol. The van der Waals surface area contributed by atoms with Gasteiger partial charge in [-0.25, -0.2) is 0 Å². The second-order valence-corrected chi connectivity index (χ2v) is 6.20. The van der Waals surface area contributed by atoms with Gasteiger partial charge in [-0.15, -0.1) is 11.3 Å². The lowest BCUT2D eigenvalue weighted by Crippen LogP contribution is -2.36. The number of nitrogens with two attached hydrogens (primary N) is 1. The Balaban J connectivity index is 2.16. The number of carbonyl (C=O) groups is 1. The Hall–Kier alpha value is -1.65. The molecule has 1 aromatic carbocycles. The normalized spacial score (nSPS) is 12.4. The van der Waals surface area contributed by atoms with E-state index in [0.29, 0.717) is 12.3 Å². The van der Waals surface area contributed by atoms with Gasteiger partial charge in [0.15, 0.2) is 0 Å². The Kier molecular flexibility index (Phi) is 4.93. The highest BCUT2D eigenvalue weighted by molar-refractivity contribution is 7.13. The molecule has 3 N–H and O–H groups in total. The van der Waals surface area contributed by atoms with Gasteiger partial charge in [-0.05, 0) is 29.9 Å². The fraction of sp³-hybridized carbons (Fsp3) is 0.312. The van der Waals surface area contributed by atoms with Crippen LogP contribution in [0.4, 0.5) is 5.69 Å². The molecule has 1 atom stereocenters. The highest BCUT2D eigenvalue weighted by atomic mass is 32.1. The second-order valence-electron chi connectivity index (χ2n) is 5.25. The lowest BCUT2D eigenvalue weighted by atomic mass is 10.0. The average molecular weight is 288 g/mol. The van der Waals surface area contributed by atoms with Crippen LogP contribution >= 0.6 is 11.3 Å². The van der Waals surface area contributed by atoms with Gasteiger partial charge in [-0.1, -0.05) is 38.1 Å². The number of amides is 1. The van der Waals surface area contributed by atoms with Crippen molar-refractivity contribution in [2.24, 2.45) is 11.7 Å². The van der Waals surface area contributed by atoms with E-state index in [1.807, 2.05) is 41.8 Å². The zero-order chi connectivity index (χ0) is 14.5. The van der Waals surface area contributed by atoms with Gasteiger partial charge in [-0.2, -0.15) is 0 Å². The van der Waals surface area contributed by atoms with Crippen LogP contribution in [0.2, 0.25) is 0 Å². The Morgan fingerprint density at radius 3 is 2.65 bits per heavy atom. The molecule has 20 heavy (non-hydrogen) atoms. The molecule has 2 rings (SSSR count). The van der Waals surface area contributed by atoms with Gasteiger partial charge in [-0.3, -0.25) is 4.79 Å². The molecule has 0 saturated heterocycles. The van der Waals surface area contributed by atoms with E-state index in [-0.39, 0.29) is 5.91 Å². The number of para-hydroxylation sites is 1. The third kappa shape index (κ3) is 3.68. The van der Waals surface area contributed by atoms with Gasteiger partial charge in [0.1, 0.15) is 0 Å². The monoisotopic (exact) mass is 288 g/mol. The number of thiophene rings is 1. The van der Waals surface area contributed by atoms with E-state index in [4.69, 9.17) is 5.73 Å². The van der Waals surface area contributed by atoms with Crippen LogP contribution < -0.4 is 11.1 Å². The van der Waals surface area contributed by atoms with Crippen LogP contribution in [-0.4, -0.2) is 11.9 Å². The molecule has 0 aliphatic rings. The van der Waals surface area contributed by atoms with E-state index in [2.05, 4.69) is 19.2 Å². The maximum atomic E-state index is 12.1. The van der Waals surface area contributed by atoms with Crippen LogP contribution in [0.1, 0.15) is 20.3 Å². The number of benzene rings is 1. The first-order valence-corrected chi connectivity index (χ1v) is 7.65. The molecule has 106 valence electrons. The lowest BCUT2D eigenvalue weighted by Gasteiger charge is -2.15. The highest BCUT2D eigenvalue weighted by Gasteiger charge is 2.16. The van der Waals surface area contributed by atoms with Crippen molar-refractivity contribution >= 4 is 22.9 Å². The van der Waals surface area contributed by atoms with Gasteiger partial charge in [0.05, 0.1) is 6.04 Å². The summed E-state index contributed by atoms with van der Waals surface area (Å²) in [6.45, 7) is 4.12. The molecule has 0 bridgehead atoms. The molecule has 2 aromatic rings. The van der Waals surface area contributed by atoms with Gasteiger partial charge in [0.25, 0.3) is 0 Å². The summed E-state index contributed by atoms with van der Waals surface area (Å²) in [5.41, 5.74) is 7.78. The second kappa shape index (κ2) is 6.68. The smallest absolute Gasteiger partial charge is 0.241 e. The topological polar surface area (TPSA) is 55.1 Å². The van der Waals surface area contributed by atoms with Gasteiger partial charge in [0, 0.05) is 16.1 Å². The number of nitrogens with one attached hydrogen (secondary N) is 1. The summed E-state index contributed by atoms with van der Waals surface area (Å²) >= 11 is 1.65. The van der Waals surface area contributed by atoms with Crippen LogP contribution in [0, 0.1) is 5.92 Å². The molecular weight excluding hydrogens is 268 g/mol. The van der Waals surface area contributed by atoms with Crippen LogP contribution in [0.5, 0.6) is 0 Å². The zero-order valence-electron chi connectivity index (χ0n) is 11.8. The minimum Gasteiger partial charge on any atom is -0.324 e. The standard InChI is InChI=1S/C16H20N2OS/c1-11(2)10-13(17)16(19)18-14-7-4-3-6-12(14)15-8-5-9-20-15/h3-9,11,13H,10,17H2,1-2H3,(H,18,19)/t13-/m0/s1. The SMILES string of the molecule is CC(C)C[C@H](N)C(=O)Nc1ccccc1-c1cccs1. The van der Waals surface area contributed by atoms with Crippen LogP contribution in [0.15, 0.2) is 41.8 Å². The van der Waals surface area contributed by atoms with Crippen molar-refractivity contribution in [1.82, 2.24) is 0 Å². The summed E-state index contributed by atoms with van der Waals surface area (Å²) in [4.78, 5) is 13.3. The minimum atomic E-state index is -0.466. The fourth-order valence-electron chi connectivity index (χ4n) is 2.08. The Morgan fingerprint density at radius 1 is 1.25 bits per heavy atom. The van der Waals surface area contributed by atoms with Crippen molar-refractivity contribution in [1.29, 1.82) is 0 Å². The molecule has 0 radical (unpaired) electrons. The Bertz CT molecular complexity index is 564. The first-order valence-electron chi connectivity index (χ1n) is 6.77. The third-order valence-electron chi connectivity index (χ3n) is 3.03. The van der Waals surface area contributed by atoms with Crippen molar-refractivity contribution < 1.29 is 4.79 Å². The van der Waals surface area contributed by atoms with E-state index in [1.165, 1.54) is 0 Å². The van der Waals surface area contributed by atoms with Crippen LogP contribution in [0.25, 0.3) is 10.4 Å². The Morgan fingerprint density at radius 2 is 2.00 bits per heavy atom. The quantitative estimate of drug-likeness (QED) is 0.881. The molecule has 0 saturated carbocycles. The minimum absolute atomic E-state index is 0.122. The van der Waals surface area contributed by atoms with E-state index in [0.717, 1.165) is 16.1 Å². The number of anilines is 1. The largest absolute Gasteiger partial charge is 0.324 e. The first-order chi connectivity index (χ1) is 9.58. The molecule has 0 unspecified atom stereocenters. The first kappa shape index (κ1) is 14.8. The predicted octanol–water partition coefficient (Wildman–Crippen LogP) is 3.73. The van der Waals surface area contributed by atoms with Crippen molar-refractivity contribution in [2.75, 3.05) is 5.32 Å². The van der Waals surface area contributed by atoms with Gasteiger partial charge >= 0.3 is 0 Å². The molecule has 0 spiro atoms. The molecule has 4 heteroatoms. The van der Waals surface area contributed by atoms with E-state index < -0.39 is 6.04 Å². The van der Waals surface area contributed by atoms with Crippen molar-refractivity contribution in [3.63, 3.8) is 0 Å². The molecule has 0 aliphatic heterocycles. The Labute approximate surface area is 123 Å². The van der Waals surface area contributed by atoms with Crippen molar-refractivity contribution in [3.8, 4) is 10.4 Å². The summed E-state index contributed by atoms with van der Waals surface area (Å²) in [7, 11) is 0. The zero-order valence-corrected chi connectivity index (χ0v) is 12.6. The highest BCUT2D eigenvalue weighted by Crippen LogP contribution is 2.31. The van der Waals surface area contributed by atoms with E-state index >= 15 is 0 Å². The number of hydrogen-bond acceptors (Lipinski definition) is 3. The lowest BCUT2D eigenvalue weighted by molar-refractivity contribution is -0.117.